The molecule has 36 heavy (non-hydrogen) atoms. The maximum Gasteiger partial charge on any atom is 0.212 e. The molecule has 4 aromatic carbocycles. The molecule has 3 nitrogen and oxygen atoms in total. The molecule has 172 valence electrons. The van der Waals surface area contributed by atoms with Gasteiger partial charge >= 0.3 is 0 Å². The number of ketones is 1. The van der Waals surface area contributed by atoms with Crippen LogP contribution in [0.1, 0.15) is 27.0 Å². The lowest BCUT2D eigenvalue weighted by Gasteiger charge is -2.05. The van der Waals surface area contributed by atoms with Gasteiger partial charge in [0.05, 0.1) is 0 Å². The molecule has 0 N–H and O–H groups in total. The molecular weight excluding hydrogens is 440 g/mol. The van der Waals surface area contributed by atoms with Crippen LogP contribution in [0.25, 0.3) is 21.8 Å². The Morgan fingerprint density at radius 2 is 0.861 bits per heavy atom. The number of carbonyl (C=O) groups excluding carboxylic acids is 1. The van der Waals surface area contributed by atoms with E-state index in [1.54, 1.807) is 0 Å². The number of hydrogen-bond donors (Lipinski definition) is 0. The van der Waals surface area contributed by atoms with Gasteiger partial charge < -0.3 is 0 Å². The van der Waals surface area contributed by atoms with Crippen molar-refractivity contribution >= 4 is 27.6 Å². The standard InChI is InChI=1S/C33H26N2O/c36-33(29-17-13-25(14-18-29)23-34-21-5-9-27-7-1-3-11-31(27)34)30-19-15-26(16-20-30)24-35-22-6-10-28-8-2-4-12-32(28)35/h1-22H,23-24H2/q+2. The minimum atomic E-state index is 0.0451. The Morgan fingerprint density at radius 1 is 0.472 bits per heavy atom. The molecule has 0 saturated heterocycles. The predicted molar refractivity (Wildman–Crippen MR) is 143 cm³/mol. The first kappa shape index (κ1) is 21.9. The minimum Gasteiger partial charge on any atom is -0.289 e. The van der Waals surface area contributed by atoms with Gasteiger partial charge in [-0.3, -0.25) is 4.79 Å². The van der Waals surface area contributed by atoms with E-state index in [0.717, 1.165) is 24.2 Å². The fraction of sp³-hybridized carbons (Fsp3) is 0.0606. The van der Waals surface area contributed by atoms with Crippen LogP contribution < -0.4 is 9.13 Å². The lowest BCUT2D eigenvalue weighted by atomic mass is 10.0. The summed E-state index contributed by atoms with van der Waals surface area (Å²) in [5, 5.41) is 2.43. The summed E-state index contributed by atoms with van der Waals surface area (Å²) in [6, 6.07) is 41.1. The summed E-state index contributed by atoms with van der Waals surface area (Å²) >= 11 is 0. The van der Waals surface area contributed by atoms with Gasteiger partial charge in [0, 0.05) is 57.3 Å². The molecule has 0 amide bonds. The molecule has 2 aromatic heterocycles. The molecule has 0 spiro atoms. The summed E-state index contributed by atoms with van der Waals surface area (Å²) in [5.74, 6) is 0.0451. The van der Waals surface area contributed by atoms with E-state index in [4.69, 9.17) is 0 Å². The van der Waals surface area contributed by atoms with Gasteiger partial charge in [0.25, 0.3) is 0 Å². The number of nitrogens with zero attached hydrogens (tertiary/aromatic N) is 2. The zero-order chi connectivity index (χ0) is 24.3. The highest BCUT2D eigenvalue weighted by atomic mass is 16.1. The van der Waals surface area contributed by atoms with Crippen LogP contribution in [0.2, 0.25) is 0 Å². The molecule has 6 aromatic rings. The van der Waals surface area contributed by atoms with Crippen molar-refractivity contribution in [1.29, 1.82) is 0 Å². The summed E-state index contributed by atoms with van der Waals surface area (Å²) in [5.41, 5.74) is 6.13. The number of rotatable bonds is 6. The average molecular weight is 467 g/mol. The van der Waals surface area contributed by atoms with Crippen LogP contribution in [-0.4, -0.2) is 5.78 Å². The van der Waals surface area contributed by atoms with E-state index in [1.807, 2.05) is 48.5 Å². The van der Waals surface area contributed by atoms with Crippen molar-refractivity contribution in [3.05, 3.63) is 156 Å². The highest BCUT2D eigenvalue weighted by Crippen LogP contribution is 2.15. The van der Waals surface area contributed by atoms with Crippen LogP contribution in [0.15, 0.2) is 134 Å². The smallest absolute Gasteiger partial charge is 0.212 e. The first-order valence-corrected chi connectivity index (χ1v) is 12.2. The van der Waals surface area contributed by atoms with E-state index in [0.29, 0.717) is 11.1 Å². The molecule has 2 heterocycles. The molecule has 0 fully saturated rings. The highest BCUT2D eigenvalue weighted by Gasteiger charge is 2.13. The molecule has 0 saturated carbocycles. The van der Waals surface area contributed by atoms with E-state index < -0.39 is 0 Å². The van der Waals surface area contributed by atoms with Crippen LogP contribution in [0.5, 0.6) is 0 Å². The number of para-hydroxylation sites is 2. The third-order valence-electron chi connectivity index (χ3n) is 6.71. The number of carbonyl (C=O) groups is 1. The second-order valence-corrected chi connectivity index (χ2v) is 9.11. The maximum atomic E-state index is 13.1. The number of benzene rings is 4. The zero-order valence-electron chi connectivity index (χ0n) is 19.9. The highest BCUT2D eigenvalue weighted by molar-refractivity contribution is 6.09. The van der Waals surface area contributed by atoms with Crippen LogP contribution in [0, 0.1) is 0 Å². The van der Waals surface area contributed by atoms with Crippen LogP contribution in [-0.2, 0) is 13.1 Å². The predicted octanol–water partition coefficient (Wildman–Crippen LogP) is 5.90. The van der Waals surface area contributed by atoms with Crippen molar-refractivity contribution < 1.29 is 13.9 Å². The Hall–Kier alpha value is -4.63. The fourth-order valence-corrected chi connectivity index (χ4v) is 4.80. The van der Waals surface area contributed by atoms with Crippen molar-refractivity contribution in [2.24, 2.45) is 0 Å². The molecule has 0 aliphatic carbocycles. The quantitative estimate of drug-likeness (QED) is 0.222. The Labute approximate surface area is 210 Å². The first-order chi connectivity index (χ1) is 17.7. The Bertz CT molecular complexity index is 1550. The summed E-state index contributed by atoms with van der Waals surface area (Å²) in [7, 11) is 0. The van der Waals surface area contributed by atoms with Crippen LogP contribution >= 0.6 is 0 Å². The van der Waals surface area contributed by atoms with Gasteiger partial charge in [-0.15, -0.1) is 0 Å². The summed E-state index contributed by atoms with van der Waals surface area (Å²) in [4.78, 5) is 13.1. The normalized spacial score (nSPS) is 11.1. The lowest BCUT2D eigenvalue weighted by Crippen LogP contribution is -2.34. The van der Waals surface area contributed by atoms with Gasteiger partial charge in [-0.25, -0.2) is 0 Å². The third kappa shape index (κ3) is 4.39. The Morgan fingerprint density at radius 3 is 1.31 bits per heavy atom. The summed E-state index contributed by atoms with van der Waals surface area (Å²) in [6.45, 7) is 1.52. The minimum absolute atomic E-state index is 0.0451. The summed E-state index contributed by atoms with van der Waals surface area (Å²) in [6.07, 6.45) is 4.19. The average Bonchev–Trinajstić information content (AvgIpc) is 2.94. The SMILES string of the molecule is O=C(c1ccc(C[n+]2cccc3ccccc32)cc1)c1ccc(C[n+]2cccc3ccccc32)cc1. The van der Waals surface area contributed by atoms with Crippen molar-refractivity contribution in [3.8, 4) is 0 Å². The van der Waals surface area contributed by atoms with Crippen molar-refractivity contribution in [2.75, 3.05) is 0 Å². The fourth-order valence-electron chi connectivity index (χ4n) is 4.80. The largest absolute Gasteiger partial charge is 0.289 e. The number of hydrogen-bond acceptors (Lipinski definition) is 1. The Balaban J connectivity index is 1.17. The molecule has 0 atom stereocenters. The van der Waals surface area contributed by atoms with Gasteiger partial charge in [-0.05, 0) is 24.3 Å². The first-order valence-electron chi connectivity index (χ1n) is 12.2. The second-order valence-electron chi connectivity index (χ2n) is 9.11. The number of fused-ring (bicyclic) bond motifs is 2. The maximum absolute atomic E-state index is 13.1. The van der Waals surface area contributed by atoms with Crippen molar-refractivity contribution in [3.63, 3.8) is 0 Å². The zero-order valence-corrected chi connectivity index (χ0v) is 19.9. The van der Waals surface area contributed by atoms with Gasteiger partial charge in [-0.1, -0.05) is 72.8 Å². The lowest BCUT2D eigenvalue weighted by molar-refractivity contribution is -0.662. The molecule has 6 rings (SSSR count). The Kier molecular flexibility index (Phi) is 5.80. The van der Waals surface area contributed by atoms with Crippen molar-refractivity contribution in [1.82, 2.24) is 0 Å². The van der Waals surface area contributed by atoms with E-state index >= 15 is 0 Å². The summed E-state index contributed by atoms with van der Waals surface area (Å²) < 4.78 is 4.47. The van der Waals surface area contributed by atoms with Gasteiger partial charge in [0.15, 0.2) is 31.3 Å². The van der Waals surface area contributed by atoms with Gasteiger partial charge in [0.2, 0.25) is 11.0 Å². The van der Waals surface area contributed by atoms with E-state index in [9.17, 15) is 4.79 Å². The number of pyridine rings is 2. The second kappa shape index (κ2) is 9.55. The van der Waals surface area contributed by atoms with E-state index in [1.165, 1.54) is 21.8 Å². The molecular formula is C33H26N2O+2. The van der Waals surface area contributed by atoms with Crippen molar-refractivity contribution in [2.45, 2.75) is 13.1 Å². The number of aromatic nitrogens is 2. The van der Waals surface area contributed by atoms with Crippen LogP contribution in [0.4, 0.5) is 0 Å². The van der Waals surface area contributed by atoms with Crippen LogP contribution in [0.3, 0.4) is 0 Å². The molecule has 0 bridgehead atoms. The third-order valence-corrected chi connectivity index (χ3v) is 6.71. The molecule has 0 radical (unpaired) electrons. The monoisotopic (exact) mass is 466 g/mol. The molecule has 0 unspecified atom stereocenters. The van der Waals surface area contributed by atoms with Gasteiger partial charge in [0.1, 0.15) is 0 Å². The van der Waals surface area contributed by atoms with E-state index in [2.05, 4.69) is 94.3 Å². The topological polar surface area (TPSA) is 24.8 Å². The molecule has 0 aliphatic rings. The van der Waals surface area contributed by atoms with Gasteiger partial charge in [-0.2, -0.15) is 9.13 Å². The molecule has 3 heteroatoms. The van der Waals surface area contributed by atoms with E-state index in [-0.39, 0.29) is 5.78 Å². The molecule has 0 aliphatic heterocycles.